The van der Waals surface area contributed by atoms with Gasteiger partial charge in [-0.25, -0.2) is 0 Å². The van der Waals surface area contributed by atoms with E-state index in [4.69, 9.17) is 4.74 Å². The fourth-order valence-corrected chi connectivity index (χ4v) is 2.05. The third-order valence-electron chi connectivity index (χ3n) is 3.28. The molecule has 8 heteroatoms. The number of carbonyl (C=O) groups is 1. The molecule has 0 unspecified atom stereocenters. The largest absolute Gasteiger partial charge is 0.467 e. The number of carbonyl (C=O) groups excluding carboxylic acids is 1. The Kier molecular flexibility index (Phi) is 5.13. The molecule has 2 heterocycles. The molecule has 1 aromatic heterocycles. The minimum atomic E-state index is 0.0648. The molecule has 1 N–H and O–H groups in total. The second-order valence-corrected chi connectivity index (χ2v) is 4.96. The SMILES string of the molecule is CCCNc1nc(OC)nc(N2CCCN(C)C(=O)C2)n1. The maximum absolute atomic E-state index is 12.0. The molecule has 8 nitrogen and oxygen atoms in total. The fourth-order valence-electron chi connectivity index (χ4n) is 2.05. The fraction of sp³-hybridized carbons (Fsp3) is 0.692. The van der Waals surface area contributed by atoms with Gasteiger partial charge in [0.15, 0.2) is 0 Å². The van der Waals surface area contributed by atoms with Gasteiger partial charge < -0.3 is 19.9 Å². The van der Waals surface area contributed by atoms with Crippen LogP contribution in [0.1, 0.15) is 19.8 Å². The van der Waals surface area contributed by atoms with Crippen molar-refractivity contribution in [3.05, 3.63) is 0 Å². The van der Waals surface area contributed by atoms with Crippen molar-refractivity contribution in [2.75, 3.05) is 50.6 Å². The normalized spacial score (nSPS) is 15.9. The van der Waals surface area contributed by atoms with Gasteiger partial charge in [-0.1, -0.05) is 6.92 Å². The van der Waals surface area contributed by atoms with E-state index in [1.165, 1.54) is 7.11 Å². The van der Waals surface area contributed by atoms with Gasteiger partial charge in [-0.05, 0) is 12.8 Å². The van der Waals surface area contributed by atoms with Gasteiger partial charge in [-0.3, -0.25) is 4.79 Å². The summed E-state index contributed by atoms with van der Waals surface area (Å²) in [6, 6.07) is 0.253. The van der Waals surface area contributed by atoms with Crippen LogP contribution in [0.3, 0.4) is 0 Å². The lowest BCUT2D eigenvalue weighted by atomic mass is 10.4. The standard InChI is InChI=1S/C13H22N6O2/c1-4-6-14-11-15-12(17-13(16-11)21-3)19-8-5-7-18(2)10(20)9-19/h4-9H2,1-3H3,(H,14,15,16,17). The first-order valence-electron chi connectivity index (χ1n) is 7.17. The molecule has 1 aliphatic rings. The van der Waals surface area contributed by atoms with Gasteiger partial charge in [0.2, 0.25) is 17.8 Å². The molecule has 0 saturated carbocycles. The van der Waals surface area contributed by atoms with E-state index in [-0.39, 0.29) is 18.5 Å². The van der Waals surface area contributed by atoms with Crippen molar-refractivity contribution >= 4 is 17.8 Å². The summed E-state index contributed by atoms with van der Waals surface area (Å²) in [7, 11) is 3.33. The first-order valence-corrected chi connectivity index (χ1v) is 7.17. The summed E-state index contributed by atoms with van der Waals surface area (Å²) in [5.74, 6) is 1.02. The van der Waals surface area contributed by atoms with Crippen molar-refractivity contribution in [2.24, 2.45) is 0 Å². The van der Waals surface area contributed by atoms with Gasteiger partial charge in [0.05, 0.1) is 13.7 Å². The lowest BCUT2D eigenvalue weighted by Crippen LogP contribution is -2.35. The predicted molar refractivity (Wildman–Crippen MR) is 79.6 cm³/mol. The second kappa shape index (κ2) is 7.05. The van der Waals surface area contributed by atoms with Crippen molar-refractivity contribution in [3.63, 3.8) is 0 Å². The van der Waals surface area contributed by atoms with Crippen LogP contribution >= 0.6 is 0 Å². The molecule has 116 valence electrons. The molecular formula is C13H22N6O2. The van der Waals surface area contributed by atoms with Crippen LogP contribution in [0.5, 0.6) is 6.01 Å². The van der Waals surface area contributed by atoms with E-state index in [1.54, 1.807) is 4.90 Å². The number of anilines is 2. The highest BCUT2D eigenvalue weighted by Crippen LogP contribution is 2.16. The minimum absolute atomic E-state index is 0.0648. The van der Waals surface area contributed by atoms with Gasteiger partial charge in [-0.15, -0.1) is 0 Å². The van der Waals surface area contributed by atoms with Crippen molar-refractivity contribution in [3.8, 4) is 6.01 Å². The number of nitrogens with one attached hydrogen (secondary N) is 1. The third kappa shape index (κ3) is 3.93. The molecule has 0 bridgehead atoms. The second-order valence-electron chi connectivity index (χ2n) is 4.96. The Hall–Kier alpha value is -2.12. The summed E-state index contributed by atoms with van der Waals surface area (Å²) in [6.45, 7) is 4.59. The van der Waals surface area contributed by atoms with Crippen LogP contribution in [-0.4, -0.2) is 66.1 Å². The number of ether oxygens (including phenoxy) is 1. The highest BCUT2D eigenvalue weighted by molar-refractivity contribution is 5.81. The van der Waals surface area contributed by atoms with E-state index in [1.807, 2.05) is 11.9 Å². The van der Waals surface area contributed by atoms with Crippen molar-refractivity contribution in [2.45, 2.75) is 19.8 Å². The molecular weight excluding hydrogens is 272 g/mol. The van der Waals surface area contributed by atoms with E-state index in [0.717, 1.165) is 32.5 Å². The van der Waals surface area contributed by atoms with E-state index < -0.39 is 0 Å². The molecule has 0 radical (unpaired) electrons. The molecule has 1 aromatic rings. The van der Waals surface area contributed by atoms with Crippen molar-refractivity contribution in [1.29, 1.82) is 0 Å². The summed E-state index contributed by atoms with van der Waals surface area (Å²) in [5, 5.41) is 3.12. The van der Waals surface area contributed by atoms with Crippen molar-refractivity contribution in [1.82, 2.24) is 19.9 Å². The van der Waals surface area contributed by atoms with Crippen molar-refractivity contribution < 1.29 is 9.53 Å². The average Bonchev–Trinajstić information content (AvgIpc) is 2.67. The molecule has 0 atom stereocenters. The first kappa shape index (κ1) is 15.3. The summed E-state index contributed by atoms with van der Waals surface area (Å²) >= 11 is 0. The van der Waals surface area contributed by atoms with Crippen LogP contribution in [0.2, 0.25) is 0 Å². The number of rotatable bonds is 5. The number of aromatic nitrogens is 3. The molecule has 0 spiro atoms. The first-order chi connectivity index (χ1) is 10.1. The van der Waals surface area contributed by atoms with Crippen LogP contribution in [0.4, 0.5) is 11.9 Å². The van der Waals surface area contributed by atoms with Gasteiger partial charge in [0.1, 0.15) is 0 Å². The lowest BCUT2D eigenvalue weighted by Gasteiger charge is -2.20. The Morgan fingerprint density at radius 1 is 1.29 bits per heavy atom. The summed E-state index contributed by atoms with van der Waals surface area (Å²) in [5.41, 5.74) is 0. The van der Waals surface area contributed by atoms with Crippen LogP contribution < -0.4 is 15.0 Å². The van der Waals surface area contributed by atoms with Gasteiger partial charge >= 0.3 is 6.01 Å². The molecule has 21 heavy (non-hydrogen) atoms. The molecule has 2 rings (SSSR count). The van der Waals surface area contributed by atoms with Crippen LogP contribution in [-0.2, 0) is 4.79 Å². The van der Waals surface area contributed by atoms with Crippen LogP contribution in [0.25, 0.3) is 0 Å². The third-order valence-corrected chi connectivity index (χ3v) is 3.28. The van der Waals surface area contributed by atoms with Crippen LogP contribution in [0, 0.1) is 0 Å². The molecule has 1 aliphatic heterocycles. The Morgan fingerprint density at radius 2 is 2.10 bits per heavy atom. The number of likely N-dealkylation sites (N-methyl/N-ethyl adjacent to an activating group) is 1. The molecule has 1 fully saturated rings. The zero-order valence-electron chi connectivity index (χ0n) is 12.8. The van der Waals surface area contributed by atoms with E-state index in [9.17, 15) is 4.79 Å². The molecule has 1 amide bonds. The summed E-state index contributed by atoms with van der Waals surface area (Å²) in [4.78, 5) is 28.4. The maximum Gasteiger partial charge on any atom is 0.322 e. The Labute approximate surface area is 124 Å². The quantitative estimate of drug-likeness (QED) is 0.840. The Balaban J connectivity index is 2.22. The molecule has 0 aliphatic carbocycles. The Bertz CT molecular complexity index is 496. The van der Waals surface area contributed by atoms with Gasteiger partial charge in [-0.2, -0.15) is 15.0 Å². The van der Waals surface area contributed by atoms with E-state index in [2.05, 4.69) is 27.2 Å². The van der Waals surface area contributed by atoms with Crippen LogP contribution in [0.15, 0.2) is 0 Å². The molecule has 1 saturated heterocycles. The highest BCUT2D eigenvalue weighted by Gasteiger charge is 2.22. The van der Waals surface area contributed by atoms with E-state index >= 15 is 0 Å². The zero-order valence-corrected chi connectivity index (χ0v) is 12.8. The number of hydrogen-bond donors (Lipinski definition) is 1. The summed E-state index contributed by atoms with van der Waals surface area (Å²) < 4.78 is 5.12. The molecule has 0 aromatic carbocycles. The zero-order chi connectivity index (χ0) is 15.2. The topological polar surface area (TPSA) is 83.5 Å². The number of nitrogens with zero attached hydrogens (tertiary/aromatic N) is 5. The highest BCUT2D eigenvalue weighted by atomic mass is 16.5. The lowest BCUT2D eigenvalue weighted by molar-refractivity contribution is -0.127. The summed E-state index contributed by atoms with van der Waals surface area (Å²) in [6.07, 6.45) is 1.85. The van der Waals surface area contributed by atoms with Gasteiger partial charge in [0.25, 0.3) is 0 Å². The number of amides is 1. The van der Waals surface area contributed by atoms with E-state index in [0.29, 0.717) is 11.9 Å². The number of hydrogen-bond acceptors (Lipinski definition) is 7. The predicted octanol–water partition coefficient (Wildman–Crippen LogP) is 0.371. The number of methoxy groups -OCH3 is 1. The monoisotopic (exact) mass is 294 g/mol. The van der Waals surface area contributed by atoms with Gasteiger partial charge in [0, 0.05) is 26.7 Å². The minimum Gasteiger partial charge on any atom is -0.467 e. The average molecular weight is 294 g/mol. The maximum atomic E-state index is 12.0. The smallest absolute Gasteiger partial charge is 0.322 e. The Morgan fingerprint density at radius 3 is 2.81 bits per heavy atom.